The van der Waals surface area contributed by atoms with Gasteiger partial charge >= 0.3 is 6.09 Å². The normalized spacial score (nSPS) is 32.8. The van der Waals surface area contributed by atoms with Crippen LogP contribution in [-0.4, -0.2) is 54.5 Å². The van der Waals surface area contributed by atoms with Crippen molar-refractivity contribution in [2.24, 2.45) is 5.92 Å². The molecule has 24 heavy (non-hydrogen) atoms. The van der Waals surface area contributed by atoms with E-state index in [2.05, 4.69) is 5.32 Å². The van der Waals surface area contributed by atoms with Crippen LogP contribution in [0.5, 0.6) is 0 Å². The van der Waals surface area contributed by atoms with Gasteiger partial charge in [0.05, 0.1) is 13.2 Å². The second kappa shape index (κ2) is 7.20. The van der Waals surface area contributed by atoms with Crippen LogP contribution in [0.4, 0.5) is 4.79 Å². The van der Waals surface area contributed by atoms with Crippen LogP contribution in [0.3, 0.4) is 0 Å². The number of ether oxygens (including phenoxy) is 2. The first-order chi connectivity index (χ1) is 11.4. The molecule has 1 amide bonds. The maximum atomic E-state index is 12.5. The second-order valence-corrected chi connectivity index (χ2v) is 8.75. The Morgan fingerprint density at radius 1 is 1.21 bits per heavy atom. The minimum Gasteiger partial charge on any atom is -0.444 e. The minimum absolute atomic E-state index is 0.201. The summed E-state index contributed by atoms with van der Waals surface area (Å²) in [6, 6.07) is 0.372. The highest BCUT2D eigenvalue weighted by molar-refractivity contribution is 5.68. The zero-order valence-corrected chi connectivity index (χ0v) is 15.6. The molecular formula is C19H34N2O3. The summed E-state index contributed by atoms with van der Waals surface area (Å²) in [4.78, 5) is 14.3. The molecule has 2 saturated heterocycles. The number of carbonyl (C=O) groups is 1. The number of likely N-dealkylation sites (tertiary alicyclic amines) is 1. The van der Waals surface area contributed by atoms with Crippen molar-refractivity contribution in [1.29, 1.82) is 0 Å². The standard InChI is InChI=1S/C19H34N2O3/c1-18(2,3)24-17(22)21-12-10-19(14-21)16(20-11-13-23-19)15-8-6-4-5-7-9-15/h15-16,20H,4-14H2,1-3H3. The molecule has 0 aromatic carbocycles. The SMILES string of the molecule is CC(C)(C)OC(=O)N1CCC2(C1)OCCNC2C1CCCCCC1. The molecule has 3 rings (SSSR count). The number of rotatable bonds is 1. The van der Waals surface area contributed by atoms with E-state index in [1.807, 2.05) is 25.7 Å². The molecule has 0 bridgehead atoms. The molecule has 0 aromatic rings. The van der Waals surface area contributed by atoms with Crippen molar-refractivity contribution in [3.05, 3.63) is 0 Å². The van der Waals surface area contributed by atoms with E-state index in [9.17, 15) is 4.79 Å². The maximum absolute atomic E-state index is 12.5. The summed E-state index contributed by atoms with van der Waals surface area (Å²) in [5, 5.41) is 3.75. The number of morpholine rings is 1. The number of hydrogen-bond donors (Lipinski definition) is 1. The van der Waals surface area contributed by atoms with Gasteiger partial charge in [0.15, 0.2) is 0 Å². The third-order valence-corrected chi connectivity index (χ3v) is 5.71. The Hall–Kier alpha value is -0.810. The van der Waals surface area contributed by atoms with E-state index in [4.69, 9.17) is 9.47 Å². The van der Waals surface area contributed by atoms with Crippen LogP contribution in [0, 0.1) is 5.92 Å². The predicted molar refractivity (Wildman–Crippen MR) is 94.1 cm³/mol. The van der Waals surface area contributed by atoms with Crippen molar-refractivity contribution >= 4 is 6.09 Å². The summed E-state index contributed by atoms with van der Waals surface area (Å²) in [5.41, 5.74) is -0.663. The molecule has 2 unspecified atom stereocenters. The third kappa shape index (κ3) is 4.05. The van der Waals surface area contributed by atoms with E-state index < -0.39 is 5.60 Å². The largest absolute Gasteiger partial charge is 0.444 e. The number of carbonyl (C=O) groups excluding carboxylic acids is 1. The quantitative estimate of drug-likeness (QED) is 0.745. The molecule has 2 atom stereocenters. The summed E-state index contributed by atoms with van der Waals surface area (Å²) >= 11 is 0. The van der Waals surface area contributed by atoms with Crippen molar-refractivity contribution in [1.82, 2.24) is 10.2 Å². The Labute approximate surface area is 146 Å². The summed E-state index contributed by atoms with van der Waals surface area (Å²) in [5.74, 6) is 0.673. The Bertz CT molecular complexity index is 440. The van der Waals surface area contributed by atoms with Crippen LogP contribution < -0.4 is 5.32 Å². The third-order valence-electron chi connectivity index (χ3n) is 5.71. The van der Waals surface area contributed by atoms with Crippen LogP contribution in [0.15, 0.2) is 0 Å². The first-order valence-corrected chi connectivity index (χ1v) is 9.75. The molecule has 3 aliphatic rings. The molecule has 5 nitrogen and oxygen atoms in total. The molecule has 1 aliphatic carbocycles. The van der Waals surface area contributed by atoms with E-state index >= 15 is 0 Å². The van der Waals surface area contributed by atoms with Crippen LogP contribution in [0.25, 0.3) is 0 Å². The Morgan fingerprint density at radius 2 is 1.92 bits per heavy atom. The Kier molecular flexibility index (Phi) is 5.40. The van der Waals surface area contributed by atoms with Gasteiger partial charge in [-0.25, -0.2) is 4.79 Å². The Morgan fingerprint density at radius 3 is 2.58 bits per heavy atom. The molecule has 0 aromatic heterocycles. The van der Waals surface area contributed by atoms with Crippen molar-refractivity contribution < 1.29 is 14.3 Å². The average Bonchev–Trinajstić information content (AvgIpc) is 2.75. The summed E-state index contributed by atoms with van der Waals surface area (Å²) in [6.07, 6.45) is 8.67. The number of amides is 1. The summed E-state index contributed by atoms with van der Waals surface area (Å²) in [6.45, 7) is 8.83. The van der Waals surface area contributed by atoms with Crippen LogP contribution in [0.1, 0.15) is 65.7 Å². The Balaban J connectivity index is 1.69. The molecule has 0 radical (unpaired) electrons. The zero-order chi connectivity index (χ0) is 17.2. The van der Waals surface area contributed by atoms with Gasteiger partial charge in [-0.15, -0.1) is 0 Å². The topological polar surface area (TPSA) is 50.8 Å². The van der Waals surface area contributed by atoms with Gasteiger partial charge in [-0.1, -0.05) is 25.7 Å². The smallest absolute Gasteiger partial charge is 0.410 e. The number of hydrogen-bond acceptors (Lipinski definition) is 4. The lowest BCUT2D eigenvalue weighted by atomic mass is 9.79. The van der Waals surface area contributed by atoms with Gasteiger partial charge < -0.3 is 19.7 Å². The van der Waals surface area contributed by atoms with Gasteiger partial charge in [0, 0.05) is 19.1 Å². The molecule has 2 aliphatic heterocycles. The van der Waals surface area contributed by atoms with Gasteiger partial charge in [-0.3, -0.25) is 0 Å². The zero-order valence-electron chi connectivity index (χ0n) is 15.6. The van der Waals surface area contributed by atoms with Gasteiger partial charge in [0.2, 0.25) is 0 Å². The second-order valence-electron chi connectivity index (χ2n) is 8.75. The lowest BCUT2D eigenvalue weighted by Gasteiger charge is -2.45. The fraction of sp³-hybridized carbons (Fsp3) is 0.947. The van der Waals surface area contributed by atoms with Gasteiger partial charge in [0.1, 0.15) is 11.2 Å². The highest BCUT2D eigenvalue weighted by Crippen LogP contribution is 2.39. The fourth-order valence-electron chi connectivity index (χ4n) is 4.64. The van der Waals surface area contributed by atoms with E-state index in [0.29, 0.717) is 18.5 Å². The van der Waals surface area contributed by atoms with Crippen molar-refractivity contribution in [3.63, 3.8) is 0 Å². The van der Waals surface area contributed by atoms with E-state index in [-0.39, 0.29) is 11.7 Å². The molecule has 2 heterocycles. The lowest BCUT2D eigenvalue weighted by Crippen LogP contribution is -2.62. The molecule has 138 valence electrons. The molecule has 1 saturated carbocycles. The minimum atomic E-state index is -0.445. The molecule has 1 N–H and O–H groups in total. The van der Waals surface area contributed by atoms with Crippen LogP contribution in [0.2, 0.25) is 0 Å². The fourth-order valence-corrected chi connectivity index (χ4v) is 4.64. The molecule has 5 heteroatoms. The van der Waals surface area contributed by atoms with Gasteiger partial charge in [-0.2, -0.15) is 0 Å². The number of nitrogens with one attached hydrogen (secondary N) is 1. The number of nitrogens with zero attached hydrogens (tertiary/aromatic N) is 1. The van der Waals surface area contributed by atoms with Crippen molar-refractivity contribution in [3.8, 4) is 0 Å². The summed E-state index contributed by atoms with van der Waals surface area (Å²) < 4.78 is 11.9. The van der Waals surface area contributed by atoms with E-state index in [0.717, 1.165) is 26.1 Å². The first kappa shape index (κ1) is 18.0. The van der Waals surface area contributed by atoms with Gasteiger partial charge in [-0.05, 0) is 46.0 Å². The van der Waals surface area contributed by atoms with Crippen LogP contribution in [-0.2, 0) is 9.47 Å². The summed E-state index contributed by atoms with van der Waals surface area (Å²) in [7, 11) is 0. The monoisotopic (exact) mass is 338 g/mol. The molecule has 1 spiro atoms. The molecule has 3 fully saturated rings. The van der Waals surface area contributed by atoms with Crippen LogP contribution >= 0.6 is 0 Å². The van der Waals surface area contributed by atoms with E-state index in [1.54, 1.807) is 0 Å². The van der Waals surface area contributed by atoms with E-state index in [1.165, 1.54) is 38.5 Å². The van der Waals surface area contributed by atoms with Crippen molar-refractivity contribution in [2.75, 3.05) is 26.2 Å². The highest BCUT2D eigenvalue weighted by Gasteiger charge is 2.51. The molecular weight excluding hydrogens is 304 g/mol. The average molecular weight is 338 g/mol. The highest BCUT2D eigenvalue weighted by atomic mass is 16.6. The van der Waals surface area contributed by atoms with Gasteiger partial charge in [0.25, 0.3) is 0 Å². The first-order valence-electron chi connectivity index (χ1n) is 9.75. The lowest BCUT2D eigenvalue weighted by molar-refractivity contribution is -0.104. The van der Waals surface area contributed by atoms with Crippen molar-refractivity contribution in [2.45, 2.75) is 83.0 Å². The predicted octanol–water partition coefficient (Wildman–Crippen LogP) is 3.32. The maximum Gasteiger partial charge on any atom is 0.410 e.